The van der Waals surface area contributed by atoms with E-state index in [1.807, 2.05) is 18.4 Å². The summed E-state index contributed by atoms with van der Waals surface area (Å²) in [5, 5.41) is 13.0. The Kier molecular flexibility index (Phi) is 4.70. The van der Waals surface area contributed by atoms with Gasteiger partial charge in [-0.1, -0.05) is 16.9 Å². The second-order valence-electron chi connectivity index (χ2n) is 5.24. The second-order valence-corrected chi connectivity index (χ2v) is 6.19. The molecule has 2 N–H and O–H groups in total. The fourth-order valence-electron chi connectivity index (χ4n) is 2.25. The number of furan rings is 1. The first-order chi connectivity index (χ1) is 11.6. The highest BCUT2D eigenvalue weighted by atomic mass is 32.2. The third-order valence-corrected chi connectivity index (χ3v) is 4.56. The van der Waals surface area contributed by atoms with Gasteiger partial charge in [0.05, 0.1) is 12.0 Å². The van der Waals surface area contributed by atoms with Crippen molar-refractivity contribution in [1.82, 2.24) is 19.9 Å². The van der Waals surface area contributed by atoms with E-state index in [2.05, 4.69) is 15.4 Å². The number of hydrogen-bond acceptors (Lipinski definition) is 7. The van der Waals surface area contributed by atoms with Crippen LogP contribution in [0.15, 0.2) is 32.5 Å². The normalized spacial score (nSPS) is 11.1. The first kappa shape index (κ1) is 16.3. The quantitative estimate of drug-likeness (QED) is 0.652. The van der Waals surface area contributed by atoms with E-state index in [1.165, 1.54) is 11.8 Å². The van der Waals surface area contributed by atoms with E-state index >= 15 is 0 Å². The van der Waals surface area contributed by atoms with E-state index in [1.54, 1.807) is 18.4 Å². The molecule has 24 heavy (non-hydrogen) atoms. The summed E-state index contributed by atoms with van der Waals surface area (Å²) >= 11 is 1.50. The lowest BCUT2D eigenvalue weighted by Gasteiger charge is -2.07. The fraction of sp³-hybridized carbons (Fsp3) is 0.333. The van der Waals surface area contributed by atoms with Crippen molar-refractivity contribution >= 4 is 17.7 Å². The van der Waals surface area contributed by atoms with Crippen LogP contribution >= 0.6 is 11.8 Å². The predicted molar refractivity (Wildman–Crippen MR) is 87.1 cm³/mol. The Morgan fingerprint density at radius 2 is 2.21 bits per heavy atom. The molecule has 3 heterocycles. The van der Waals surface area contributed by atoms with Crippen molar-refractivity contribution in [3.63, 3.8) is 0 Å². The van der Waals surface area contributed by atoms with Crippen LogP contribution in [0.5, 0.6) is 0 Å². The zero-order valence-corrected chi connectivity index (χ0v) is 14.2. The number of rotatable bonds is 7. The average Bonchev–Trinajstić information content (AvgIpc) is 3.25. The van der Waals surface area contributed by atoms with Crippen LogP contribution in [0.25, 0.3) is 11.6 Å². The van der Waals surface area contributed by atoms with Gasteiger partial charge in [0, 0.05) is 24.3 Å². The Balaban J connectivity index is 1.85. The second kappa shape index (κ2) is 6.91. The highest BCUT2D eigenvalue weighted by Gasteiger charge is 2.18. The molecule has 1 amide bonds. The first-order valence-corrected chi connectivity index (χ1v) is 8.34. The van der Waals surface area contributed by atoms with Crippen LogP contribution in [-0.4, -0.2) is 25.8 Å². The molecule has 0 atom stereocenters. The van der Waals surface area contributed by atoms with Crippen molar-refractivity contribution in [3.05, 3.63) is 35.4 Å². The van der Waals surface area contributed by atoms with Crippen LogP contribution in [0.3, 0.4) is 0 Å². The topological polar surface area (TPSA) is 113 Å². The third-order valence-electron chi connectivity index (χ3n) is 3.57. The summed E-state index contributed by atoms with van der Waals surface area (Å²) in [6.07, 6.45) is 1.77. The molecule has 0 aliphatic rings. The van der Waals surface area contributed by atoms with Crippen molar-refractivity contribution in [1.29, 1.82) is 0 Å². The third kappa shape index (κ3) is 3.35. The average molecular weight is 347 g/mol. The summed E-state index contributed by atoms with van der Waals surface area (Å²) in [5.74, 6) is 2.22. The van der Waals surface area contributed by atoms with E-state index in [4.69, 9.17) is 14.7 Å². The van der Waals surface area contributed by atoms with Gasteiger partial charge < -0.3 is 14.7 Å². The standard InChI is InChI=1S/C15H17N5O3S/c1-9-11(10(2)23-19-9)8-24-15-18-17-14(12-4-3-7-22-12)20(15)6-5-13(16)21/h3-4,7H,5-6,8H2,1-2H3,(H2,16,21). The van der Waals surface area contributed by atoms with E-state index < -0.39 is 0 Å². The Bertz CT molecular complexity index is 818. The minimum absolute atomic E-state index is 0.199. The zero-order valence-electron chi connectivity index (χ0n) is 13.4. The summed E-state index contributed by atoms with van der Waals surface area (Å²) in [4.78, 5) is 11.2. The van der Waals surface area contributed by atoms with Crippen molar-refractivity contribution in [2.24, 2.45) is 5.73 Å². The van der Waals surface area contributed by atoms with Crippen LogP contribution in [0.4, 0.5) is 0 Å². The molecule has 0 aliphatic heterocycles. The van der Waals surface area contributed by atoms with Crippen LogP contribution in [0.2, 0.25) is 0 Å². The van der Waals surface area contributed by atoms with Gasteiger partial charge in [-0.15, -0.1) is 10.2 Å². The number of hydrogen-bond donors (Lipinski definition) is 1. The number of aryl methyl sites for hydroxylation is 2. The van der Waals surface area contributed by atoms with E-state index in [9.17, 15) is 4.79 Å². The number of aromatic nitrogens is 4. The van der Waals surface area contributed by atoms with E-state index in [0.717, 1.165) is 17.0 Å². The zero-order chi connectivity index (χ0) is 17.1. The number of thioether (sulfide) groups is 1. The monoisotopic (exact) mass is 347 g/mol. The van der Waals surface area contributed by atoms with Gasteiger partial charge in [0.1, 0.15) is 5.76 Å². The molecule has 126 valence electrons. The maximum Gasteiger partial charge on any atom is 0.219 e. The molecule has 0 aromatic carbocycles. The molecule has 9 heteroatoms. The molecule has 0 bridgehead atoms. The minimum Gasteiger partial charge on any atom is -0.461 e. The van der Waals surface area contributed by atoms with Gasteiger partial charge in [-0.05, 0) is 26.0 Å². The van der Waals surface area contributed by atoms with Gasteiger partial charge in [0.25, 0.3) is 0 Å². The first-order valence-electron chi connectivity index (χ1n) is 7.36. The smallest absolute Gasteiger partial charge is 0.219 e. The number of nitrogens with zero attached hydrogens (tertiary/aromatic N) is 4. The van der Waals surface area contributed by atoms with Crippen LogP contribution in [-0.2, 0) is 17.1 Å². The molecule has 3 aromatic heterocycles. The van der Waals surface area contributed by atoms with Gasteiger partial charge in [-0.25, -0.2) is 0 Å². The van der Waals surface area contributed by atoms with Gasteiger partial charge in [0.2, 0.25) is 5.91 Å². The molecular weight excluding hydrogens is 330 g/mol. The van der Waals surface area contributed by atoms with Crippen LogP contribution in [0.1, 0.15) is 23.4 Å². The summed E-state index contributed by atoms with van der Waals surface area (Å²) in [6.45, 7) is 4.17. The van der Waals surface area contributed by atoms with Crippen molar-refractivity contribution in [3.8, 4) is 11.6 Å². The fourth-order valence-corrected chi connectivity index (χ4v) is 3.37. The van der Waals surface area contributed by atoms with Crippen molar-refractivity contribution < 1.29 is 13.7 Å². The summed E-state index contributed by atoms with van der Waals surface area (Å²) in [6, 6.07) is 3.58. The summed E-state index contributed by atoms with van der Waals surface area (Å²) < 4.78 is 12.4. The largest absolute Gasteiger partial charge is 0.461 e. The van der Waals surface area contributed by atoms with E-state index in [0.29, 0.717) is 29.0 Å². The number of carbonyl (C=O) groups excluding carboxylic acids is 1. The van der Waals surface area contributed by atoms with Crippen molar-refractivity contribution in [2.45, 2.75) is 37.7 Å². The van der Waals surface area contributed by atoms with Gasteiger partial charge >= 0.3 is 0 Å². The maximum atomic E-state index is 11.2. The van der Waals surface area contributed by atoms with Gasteiger partial charge in [0.15, 0.2) is 16.7 Å². The highest BCUT2D eigenvalue weighted by molar-refractivity contribution is 7.98. The lowest BCUT2D eigenvalue weighted by atomic mass is 10.2. The Hall–Kier alpha value is -2.55. The number of carbonyl (C=O) groups is 1. The SMILES string of the molecule is Cc1noc(C)c1CSc1nnc(-c2ccco2)n1CCC(N)=O. The summed E-state index contributed by atoms with van der Waals surface area (Å²) in [7, 11) is 0. The van der Waals surface area contributed by atoms with Gasteiger partial charge in [-0.2, -0.15) is 0 Å². The van der Waals surface area contributed by atoms with Crippen LogP contribution < -0.4 is 5.73 Å². The molecule has 0 saturated heterocycles. The molecule has 0 radical (unpaired) electrons. The number of nitrogens with two attached hydrogens (primary N) is 1. The number of primary amides is 1. The molecule has 0 aliphatic carbocycles. The molecular formula is C15H17N5O3S. The molecule has 3 rings (SSSR count). The Labute approximate surface area is 142 Å². The Morgan fingerprint density at radius 3 is 2.83 bits per heavy atom. The van der Waals surface area contributed by atoms with Crippen LogP contribution in [0, 0.1) is 13.8 Å². The molecule has 0 unspecified atom stereocenters. The molecule has 0 spiro atoms. The summed E-state index contributed by atoms with van der Waals surface area (Å²) in [5.41, 5.74) is 7.16. The minimum atomic E-state index is -0.379. The molecule has 0 saturated carbocycles. The molecule has 3 aromatic rings. The van der Waals surface area contributed by atoms with Crippen molar-refractivity contribution in [2.75, 3.05) is 0 Å². The molecule has 0 fully saturated rings. The lowest BCUT2D eigenvalue weighted by Crippen LogP contribution is -2.15. The maximum absolute atomic E-state index is 11.2. The Morgan fingerprint density at radius 1 is 1.38 bits per heavy atom. The number of amides is 1. The predicted octanol–water partition coefficient (Wildman–Crippen LogP) is 2.31. The van der Waals surface area contributed by atoms with Gasteiger partial charge in [-0.3, -0.25) is 9.36 Å². The highest BCUT2D eigenvalue weighted by Crippen LogP contribution is 2.28. The molecule has 8 nitrogen and oxygen atoms in total. The van der Waals surface area contributed by atoms with E-state index in [-0.39, 0.29) is 12.3 Å². The lowest BCUT2D eigenvalue weighted by molar-refractivity contribution is -0.118.